The van der Waals surface area contributed by atoms with Crippen LogP contribution in [-0.2, 0) is 11.3 Å². The monoisotopic (exact) mass is 438 g/mol. The number of hydrogen-bond donors (Lipinski definition) is 2. The molecule has 8 heteroatoms. The van der Waals surface area contributed by atoms with E-state index in [2.05, 4.69) is 58.6 Å². The number of hydrogen-bond acceptors (Lipinski definition) is 7. The highest BCUT2D eigenvalue weighted by Crippen LogP contribution is 2.36. The normalized spacial score (nSPS) is 15.7. The molecule has 0 atom stereocenters. The van der Waals surface area contributed by atoms with E-state index in [1.54, 1.807) is 7.05 Å². The summed E-state index contributed by atoms with van der Waals surface area (Å²) in [5.74, 6) is 1.66. The molecule has 0 saturated carbocycles. The van der Waals surface area contributed by atoms with E-state index in [1.807, 2.05) is 4.90 Å². The van der Waals surface area contributed by atoms with Crippen LogP contribution in [0.15, 0.2) is 24.3 Å². The quantitative estimate of drug-likeness (QED) is 0.614. The number of carbonyl (C=O) groups excluding carboxylic acids is 1. The second kappa shape index (κ2) is 10.1. The zero-order valence-corrected chi connectivity index (χ0v) is 19.4. The third-order valence-corrected chi connectivity index (χ3v) is 6.36. The number of rotatable bonds is 9. The first kappa shape index (κ1) is 22.2. The van der Waals surface area contributed by atoms with Crippen LogP contribution in [0.3, 0.4) is 0 Å². The van der Waals surface area contributed by atoms with Crippen molar-refractivity contribution in [1.29, 1.82) is 0 Å². The molecule has 172 valence electrons. The molecule has 1 aromatic carbocycles. The number of nitrogens with one attached hydrogen (secondary N) is 2. The Balaban J connectivity index is 1.60. The molecule has 1 aromatic heterocycles. The fraction of sp³-hybridized carbons (Fsp3) is 0.542. The van der Waals surface area contributed by atoms with E-state index < -0.39 is 0 Å². The van der Waals surface area contributed by atoms with Gasteiger partial charge in [-0.2, -0.15) is 9.97 Å². The van der Waals surface area contributed by atoms with Crippen molar-refractivity contribution in [3.63, 3.8) is 0 Å². The summed E-state index contributed by atoms with van der Waals surface area (Å²) in [5.41, 5.74) is 3.00. The van der Waals surface area contributed by atoms with Gasteiger partial charge in [-0.15, -0.1) is 0 Å². The van der Waals surface area contributed by atoms with Crippen LogP contribution < -0.4 is 25.2 Å². The van der Waals surface area contributed by atoms with Gasteiger partial charge in [0.2, 0.25) is 5.91 Å². The third-order valence-electron chi connectivity index (χ3n) is 6.36. The molecule has 0 bridgehead atoms. The third kappa shape index (κ3) is 4.89. The van der Waals surface area contributed by atoms with Gasteiger partial charge in [-0.3, -0.25) is 4.79 Å². The van der Waals surface area contributed by atoms with Gasteiger partial charge in [0.15, 0.2) is 11.6 Å². The maximum absolute atomic E-state index is 12.5. The van der Waals surface area contributed by atoms with E-state index in [4.69, 9.17) is 9.72 Å². The van der Waals surface area contributed by atoms with Gasteiger partial charge in [0.25, 0.3) is 0 Å². The SMILES string of the molecule is CCC(CC)COc1nc(NC)c2c(n1)N(Cc1cccc(N3CCCC3)c1)CC(=O)N2. The molecule has 2 aliphatic rings. The van der Waals surface area contributed by atoms with Crippen LogP contribution in [0.2, 0.25) is 0 Å². The van der Waals surface area contributed by atoms with Gasteiger partial charge in [-0.25, -0.2) is 0 Å². The molecule has 0 radical (unpaired) electrons. The molecule has 1 saturated heterocycles. The number of benzene rings is 1. The van der Waals surface area contributed by atoms with E-state index in [0.29, 0.717) is 42.4 Å². The smallest absolute Gasteiger partial charge is 0.320 e. The van der Waals surface area contributed by atoms with Crippen LogP contribution in [0.4, 0.5) is 23.0 Å². The Morgan fingerprint density at radius 3 is 2.69 bits per heavy atom. The van der Waals surface area contributed by atoms with Gasteiger partial charge in [0.1, 0.15) is 5.69 Å². The number of anilines is 4. The lowest BCUT2D eigenvalue weighted by atomic mass is 10.1. The highest BCUT2D eigenvalue weighted by atomic mass is 16.5. The molecular formula is C24H34N6O2. The summed E-state index contributed by atoms with van der Waals surface area (Å²) in [5, 5.41) is 6.02. The summed E-state index contributed by atoms with van der Waals surface area (Å²) in [6.07, 6.45) is 4.59. The summed E-state index contributed by atoms with van der Waals surface area (Å²) in [7, 11) is 1.79. The van der Waals surface area contributed by atoms with Crippen LogP contribution in [-0.4, -0.2) is 49.2 Å². The first-order chi connectivity index (χ1) is 15.6. The van der Waals surface area contributed by atoms with Crippen LogP contribution in [0.5, 0.6) is 6.01 Å². The number of aromatic nitrogens is 2. The lowest BCUT2D eigenvalue weighted by molar-refractivity contribution is -0.115. The fourth-order valence-corrected chi connectivity index (χ4v) is 4.34. The first-order valence-corrected chi connectivity index (χ1v) is 11.7. The number of nitrogens with zero attached hydrogens (tertiary/aromatic N) is 4. The molecule has 4 rings (SSSR count). The number of ether oxygens (including phenoxy) is 1. The number of carbonyl (C=O) groups is 1. The molecule has 2 aliphatic heterocycles. The molecule has 1 fully saturated rings. The summed E-state index contributed by atoms with van der Waals surface area (Å²) in [6.45, 7) is 7.96. The Morgan fingerprint density at radius 2 is 1.97 bits per heavy atom. The molecule has 0 spiro atoms. The maximum Gasteiger partial charge on any atom is 0.320 e. The second-order valence-electron chi connectivity index (χ2n) is 8.57. The number of fused-ring (bicyclic) bond motifs is 1. The summed E-state index contributed by atoms with van der Waals surface area (Å²) >= 11 is 0. The Labute approximate surface area is 190 Å². The molecule has 32 heavy (non-hydrogen) atoms. The molecule has 0 aliphatic carbocycles. The van der Waals surface area contributed by atoms with E-state index in [9.17, 15) is 4.79 Å². The van der Waals surface area contributed by atoms with Gasteiger partial charge < -0.3 is 25.2 Å². The predicted molar refractivity (Wildman–Crippen MR) is 129 cm³/mol. The van der Waals surface area contributed by atoms with Crippen molar-refractivity contribution in [2.24, 2.45) is 5.92 Å². The van der Waals surface area contributed by atoms with Gasteiger partial charge in [0, 0.05) is 32.4 Å². The standard InChI is InChI=1S/C24H34N6O2/c1-4-17(5-2)16-32-24-27-22(25-3)21-23(28-24)30(15-20(31)26-21)14-18-9-8-10-19(13-18)29-11-6-7-12-29/h8-10,13,17H,4-7,11-12,14-16H2,1-3H3,(H,26,31)(H,25,27,28). The fourth-order valence-electron chi connectivity index (χ4n) is 4.34. The van der Waals surface area contributed by atoms with Crippen molar-refractivity contribution >= 4 is 28.9 Å². The van der Waals surface area contributed by atoms with Crippen LogP contribution >= 0.6 is 0 Å². The minimum Gasteiger partial charge on any atom is -0.463 e. The largest absolute Gasteiger partial charge is 0.463 e. The lowest BCUT2D eigenvalue weighted by Crippen LogP contribution is -2.39. The Hall–Kier alpha value is -3.03. The molecule has 2 N–H and O–H groups in total. The van der Waals surface area contributed by atoms with Crippen molar-refractivity contribution in [2.45, 2.75) is 46.1 Å². The van der Waals surface area contributed by atoms with E-state index >= 15 is 0 Å². The summed E-state index contributed by atoms with van der Waals surface area (Å²) in [6, 6.07) is 8.93. The molecular weight excluding hydrogens is 404 g/mol. The Morgan fingerprint density at radius 1 is 1.19 bits per heavy atom. The Kier molecular flexibility index (Phi) is 6.97. The van der Waals surface area contributed by atoms with E-state index in [0.717, 1.165) is 31.5 Å². The molecule has 0 unspecified atom stereocenters. The van der Waals surface area contributed by atoms with Gasteiger partial charge in [-0.05, 0) is 36.5 Å². The molecule has 2 aromatic rings. The average Bonchev–Trinajstić information content (AvgIpc) is 3.35. The highest BCUT2D eigenvalue weighted by Gasteiger charge is 2.28. The van der Waals surface area contributed by atoms with Crippen LogP contribution in [0, 0.1) is 5.92 Å². The molecule has 1 amide bonds. The van der Waals surface area contributed by atoms with Gasteiger partial charge in [0.05, 0.1) is 13.2 Å². The van der Waals surface area contributed by atoms with E-state index in [-0.39, 0.29) is 12.5 Å². The number of amides is 1. The topological polar surface area (TPSA) is 82.6 Å². The zero-order valence-electron chi connectivity index (χ0n) is 19.4. The lowest BCUT2D eigenvalue weighted by Gasteiger charge is -2.31. The van der Waals surface area contributed by atoms with Crippen molar-refractivity contribution in [3.8, 4) is 6.01 Å². The van der Waals surface area contributed by atoms with Crippen molar-refractivity contribution in [3.05, 3.63) is 29.8 Å². The zero-order chi connectivity index (χ0) is 22.5. The van der Waals surface area contributed by atoms with Crippen molar-refractivity contribution in [2.75, 3.05) is 53.7 Å². The van der Waals surface area contributed by atoms with Gasteiger partial charge >= 0.3 is 6.01 Å². The van der Waals surface area contributed by atoms with Crippen molar-refractivity contribution < 1.29 is 9.53 Å². The highest BCUT2D eigenvalue weighted by molar-refractivity contribution is 6.03. The minimum atomic E-state index is -0.0704. The second-order valence-corrected chi connectivity index (χ2v) is 8.57. The van der Waals surface area contributed by atoms with Gasteiger partial charge in [-0.1, -0.05) is 38.8 Å². The Bertz CT molecular complexity index is 940. The molecule has 8 nitrogen and oxygen atoms in total. The first-order valence-electron chi connectivity index (χ1n) is 11.7. The van der Waals surface area contributed by atoms with Crippen molar-refractivity contribution in [1.82, 2.24) is 9.97 Å². The van der Waals surface area contributed by atoms with Crippen LogP contribution in [0.25, 0.3) is 0 Å². The average molecular weight is 439 g/mol. The molecule has 3 heterocycles. The maximum atomic E-state index is 12.5. The summed E-state index contributed by atoms with van der Waals surface area (Å²) in [4.78, 5) is 26.1. The minimum absolute atomic E-state index is 0.0704. The van der Waals surface area contributed by atoms with Crippen LogP contribution in [0.1, 0.15) is 45.1 Å². The van der Waals surface area contributed by atoms with E-state index in [1.165, 1.54) is 18.5 Å². The summed E-state index contributed by atoms with van der Waals surface area (Å²) < 4.78 is 5.96. The predicted octanol–water partition coefficient (Wildman–Crippen LogP) is 3.89.